The molecule has 5 nitrogen and oxygen atoms in total. The zero-order valence-corrected chi connectivity index (χ0v) is 13.4. The summed E-state index contributed by atoms with van der Waals surface area (Å²) in [6.45, 7) is 2.72. The van der Waals surface area contributed by atoms with Crippen LogP contribution >= 0.6 is 27.5 Å². The van der Waals surface area contributed by atoms with Gasteiger partial charge in [-0.1, -0.05) is 11.6 Å². The molecule has 7 heteroatoms. The molecule has 2 N–H and O–H groups in total. The Labute approximate surface area is 130 Å². The van der Waals surface area contributed by atoms with Gasteiger partial charge in [0.25, 0.3) is 0 Å². The van der Waals surface area contributed by atoms with Crippen LogP contribution in [0.4, 0.5) is 17.5 Å². The fourth-order valence-electron chi connectivity index (χ4n) is 1.57. The van der Waals surface area contributed by atoms with E-state index in [9.17, 15) is 0 Å². The lowest BCUT2D eigenvalue weighted by Crippen LogP contribution is -2.04. The number of benzene rings is 1. The molecule has 0 unspecified atom stereocenters. The van der Waals surface area contributed by atoms with Crippen LogP contribution in [0.15, 0.2) is 28.9 Å². The van der Waals surface area contributed by atoms with Gasteiger partial charge >= 0.3 is 0 Å². The van der Waals surface area contributed by atoms with Gasteiger partial charge in [-0.05, 0) is 35.0 Å². The lowest BCUT2D eigenvalue weighted by molar-refractivity contribution is 0.412. The molecule has 0 fully saturated rings. The van der Waals surface area contributed by atoms with Gasteiger partial charge in [0.15, 0.2) is 5.82 Å². The Kier molecular flexibility index (Phi) is 5.03. The van der Waals surface area contributed by atoms with Crippen molar-refractivity contribution in [3.8, 4) is 5.75 Å². The first-order chi connectivity index (χ1) is 9.63. The van der Waals surface area contributed by atoms with Crippen molar-refractivity contribution in [2.24, 2.45) is 0 Å². The number of nitrogens with one attached hydrogen (secondary N) is 2. The largest absolute Gasteiger partial charge is 0.495 e. The van der Waals surface area contributed by atoms with Gasteiger partial charge in [0.05, 0.1) is 17.8 Å². The second-order valence-electron chi connectivity index (χ2n) is 3.89. The fraction of sp³-hybridized carbons (Fsp3) is 0.231. The number of methoxy groups -OCH3 is 1. The molecule has 0 atom stereocenters. The van der Waals surface area contributed by atoms with Crippen LogP contribution in [0.3, 0.4) is 0 Å². The quantitative estimate of drug-likeness (QED) is 0.844. The topological polar surface area (TPSA) is 59.1 Å². The summed E-state index contributed by atoms with van der Waals surface area (Å²) in [6, 6.07) is 5.65. The lowest BCUT2D eigenvalue weighted by Gasteiger charge is -2.11. The highest BCUT2D eigenvalue weighted by molar-refractivity contribution is 9.10. The number of nitrogens with zero attached hydrogens (tertiary/aromatic N) is 2. The predicted molar refractivity (Wildman–Crippen MR) is 85.2 cm³/mol. The smallest absolute Gasteiger partial charge is 0.224 e. The molecule has 2 aromatic rings. The maximum absolute atomic E-state index is 6.10. The highest BCUT2D eigenvalue weighted by atomic mass is 79.9. The van der Waals surface area contributed by atoms with Gasteiger partial charge in [-0.15, -0.1) is 0 Å². The first-order valence-corrected chi connectivity index (χ1v) is 7.18. The molecule has 0 spiro atoms. The van der Waals surface area contributed by atoms with Crippen LogP contribution in [0.2, 0.25) is 5.02 Å². The minimum atomic E-state index is 0.452. The van der Waals surface area contributed by atoms with Crippen molar-refractivity contribution in [3.05, 3.63) is 33.9 Å². The summed E-state index contributed by atoms with van der Waals surface area (Å²) in [4.78, 5) is 8.41. The molecule has 1 aromatic carbocycles. The second-order valence-corrected chi connectivity index (χ2v) is 5.16. The van der Waals surface area contributed by atoms with E-state index in [1.807, 2.05) is 25.1 Å². The molecule has 2 rings (SSSR count). The van der Waals surface area contributed by atoms with E-state index < -0.39 is 0 Å². The van der Waals surface area contributed by atoms with Gasteiger partial charge < -0.3 is 15.4 Å². The summed E-state index contributed by atoms with van der Waals surface area (Å²) in [7, 11) is 1.62. The molecule has 20 heavy (non-hydrogen) atoms. The normalized spacial score (nSPS) is 10.2. The van der Waals surface area contributed by atoms with Crippen LogP contribution in [-0.4, -0.2) is 23.6 Å². The Morgan fingerprint density at radius 2 is 2.20 bits per heavy atom. The standard InChI is InChI=1S/C13H14BrClN4O/c1-3-16-13-17-7-10(15)12(19-13)18-8-4-5-9(14)11(6-8)20-2/h4-7H,3H2,1-2H3,(H2,16,17,18,19). The Hall–Kier alpha value is -1.53. The molecule has 0 bridgehead atoms. The van der Waals surface area contributed by atoms with Crippen molar-refractivity contribution >= 4 is 45.0 Å². The third-order valence-corrected chi connectivity index (χ3v) is 3.42. The number of ether oxygens (including phenoxy) is 1. The number of anilines is 3. The van der Waals surface area contributed by atoms with Gasteiger partial charge in [0.2, 0.25) is 5.95 Å². The Morgan fingerprint density at radius 1 is 1.40 bits per heavy atom. The summed E-state index contributed by atoms with van der Waals surface area (Å²) < 4.78 is 6.13. The van der Waals surface area contributed by atoms with Crippen LogP contribution in [0.5, 0.6) is 5.75 Å². The van der Waals surface area contributed by atoms with Crippen molar-refractivity contribution in [2.45, 2.75) is 6.92 Å². The summed E-state index contributed by atoms with van der Waals surface area (Å²) in [5.41, 5.74) is 0.827. The molecule has 0 aliphatic carbocycles. The predicted octanol–water partition coefficient (Wildman–Crippen LogP) is 4.08. The van der Waals surface area contributed by atoms with Crippen LogP contribution in [0, 0.1) is 0 Å². The number of aromatic nitrogens is 2. The summed E-state index contributed by atoms with van der Waals surface area (Å²) in [5.74, 6) is 1.80. The van der Waals surface area contributed by atoms with Gasteiger partial charge in [0.1, 0.15) is 10.8 Å². The molecular formula is C13H14BrClN4O. The fourth-order valence-corrected chi connectivity index (χ4v) is 2.12. The average Bonchev–Trinajstić information content (AvgIpc) is 2.45. The summed E-state index contributed by atoms with van der Waals surface area (Å²) in [5, 5.41) is 6.64. The molecule has 1 heterocycles. The van der Waals surface area contributed by atoms with E-state index in [2.05, 4.69) is 36.5 Å². The van der Waals surface area contributed by atoms with Crippen molar-refractivity contribution in [3.63, 3.8) is 0 Å². The third-order valence-electron chi connectivity index (χ3n) is 2.49. The SMILES string of the molecule is CCNc1ncc(Cl)c(Nc2ccc(Br)c(OC)c2)n1. The molecule has 0 amide bonds. The highest BCUT2D eigenvalue weighted by Crippen LogP contribution is 2.30. The zero-order valence-electron chi connectivity index (χ0n) is 11.1. The van der Waals surface area contributed by atoms with E-state index in [0.717, 1.165) is 22.5 Å². The number of hydrogen-bond acceptors (Lipinski definition) is 5. The molecule has 0 saturated heterocycles. The maximum atomic E-state index is 6.10. The van der Waals surface area contributed by atoms with E-state index in [0.29, 0.717) is 16.8 Å². The van der Waals surface area contributed by atoms with Crippen molar-refractivity contribution in [1.29, 1.82) is 0 Å². The van der Waals surface area contributed by atoms with E-state index in [-0.39, 0.29) is 0 Å². The number of halogens is 2. The zero-order chi connectivity index (χ0) is 14.5. The molecule has 0 aliphatic rings. The molecule has 1 aromatic heterocycles. The Balaban J connectivity index is 2.27. The Morgan fingerprint density at radius 3 is 2.90 bits per heavy atom. The van der Waals surface area contributed by atoms with E-state index in [1.165, 1.54) is 0 Å². The first kappa shape index (κ1) is 14.9. The highest BCUT2D eigenvalue weighted by Gasteiger charge is 2.07. The minimum absolute atomic E-state index is 0.452. The molecular weight excluding hydrogens is 344 g/mol. The van der Waals surface area contributed by atoms with E-state index in [1.54, 1.807) is 13.3 Å². The van der Waals surface area contributed by atoms with Gasteiger partial charge in [-0.2, -0.15) is 4.98 Å². The molecule has 106 valence electrons. The van der Waals surface area contributed by atoms with Crippen LogP contribution in [0.25, 0.3) is 0 Å². The van der Waals surface area contributed by atoms with Crippen molar-refractivity contribution in [1.82, 2.24) is 9.97 Å². The monoisotopic (exact) mass is 356 g/mol. The van der Waals surface area contributed by atoms with Crippen LogP contribution in [0.1, 0.15) is 6.92 Å². The number of rotatable bonds is 5. The van der Waals surface area contributed by atoms with E-state index in [4.69, 9.17) is 16.3 Å². The lowest BCUT2D eigenvalue weighted by atomic mass is 10.3. The minimum Gasteiger partial charge on any atom is -0.495 e. The molecule has 0 radical (unpaired) electrons. The third kappa shape index (κ3) is 3.52. The number of hydrogen-bond donors (Lipinski definition) is 2. The van der Waals surface area contributed by atoms with Crippen LogP contribution in [-0.2, 0) is 0 Å². The summed E-state index contributed by atoms with van der Waals surface area (Å²) >= 11 is 9.50. The van der Waals surface area contributed by atoms with E-state index >= 15 is 0 Å². The molecule has 0 saturated carbocycles. The molecule has 0 aliphatic heterocycles. The van der Waals surface area contributed by atoms with Crippen molar-refractivity contribution in [2.75, 3.05) is 24.3 Å². The van der Waals surface area contributed by atoms with Gasteiger partial charge in [0, 0.05) is 18.3 Å². The average molecular weight is 358 g/mol. The summed E-state index contributed by atoms with van der Waals surface area (Å²) in [6.07, 6.45) is 1.56. The van der Waals surface area contributed by atoms with Crippen LogP contribution < -0.4 is 15.4 Å². The second kappa shape index (κ2) is 6.76. The van der Waals surface area contributed by atoms with Gasteiger partial charge in [-0.25, -0.2) is 4.98 Å². The Bertz CT molecular complexity index is 609. The van der Waals surface area contributed by atoms with Gasteiger partial charge in [-0.3, -0.25) is 0 Å². The van der Waals surface area contributed by atoms with Crippen molar-refractivity contribution < 1.29 is 4.74 Å². The maximum Gasteiger partial charge on any atom is 0.224 e. The first-order valence-electron chi connectivity index (χ1n) is 6.01.